The van der Waals surface area contributed by atoms with Crippen molar-refractivity contribution in [3.8, 4) is 5.75 Å². The Labute approximate surface area is 158 Å². The molecule has 2 heterocycles. The van der Waals surface area contributed by atoms with Crippen molar-refractivity contribution in [2.75, 3.05) is 19.7 Å². The monoisotopic (exact) mass is 424 g/mol. The van der Waals surface area contributed by atoms with Crippen molar-refractivity contribution in [2.45, 2.75) is 18.9 Å². The highest BCUT2D eigenvalue weighted by molar-refractivity contribution is 9.10. The van der Waals surface area contributed by atoms with Gasteiger partial charge in [0.05, 0.1) is 6.26 Å². The summed E-state index contributed by atoms with van der Waals surface area (Å²) in [5, 5.41) is 2.86. The smallest absolute Gasteiger partial charge is 0.289 e. The van der Waals surface area contributed by atoms with Crippen LogP contribution in [0.3, 0.4) is 0 Å². The number of halogens is 2. The largest absolute Gasteiger partial charge is 0.481 e. The second-order valence-electron chi connectivity index (χ2n) is 5.97. The number of piperidine rings is 1. The van der Waals surface area contributed by atoms with Crippen LogP contribution in [0.15, 0.2) is 45.5 Å². The van der Waals surface area contributed by atoms with Crippen LogP contribution in [0.4, 0.5) is 4.39 Å². The molecule has 2 aromatic rings. The summed E-state index contributed by atoms with van der Waals surface area (Å²) in [6.45, 7) is 0.809. The molecule has 1 saturated heterocycles. The molecule has 1 aromatic carbocycles. The molecule has 138 valence electrons. The summed E-state index contributed by atoms with van der Waals surface area (Å²) < 4.78 is 24.6. The number of rotatable bonds is 5. The number of benzene rings is 1. The molecular formula is C18H18BrFN2O4. The maximum absolute atomic E-state index is 13.7. The Balaban J connectivity index is 1.42. The minimum atomic E-state index is -0.531. The van der Waals surface area contributed by atoms with Gasteiger partial charge >= 0.3 is 0 Å². The number of hydrogen-bond acceptors (Lipinski definition) is 4. The van der Waals surface area contributed by atoms with Gasteiger partial charge in [0.2, 0.25) is 0 Å². The summed E-state index contributed by atoms with van der Waals surface area (Å²) in [7, 11) is 0. The number of carbonyl (C=O) groups excluding carboxylic acids is 2. The lowest BCUT2D eigenvalue weighted by molar-refractivity contribution is -0.124. The van der Waals surface area contributed by atoms with E-state index in [9.17, 15) is 14.0 Å². The van der Waals surface area contributed by atoms with E-state index in [0.717, 1.165) is 0 Å². The van der Waals surface area contributed by atoms with Gasteiger partial charge in [0.15, 0.2) is 23.9 Å². The number of likely N-dealkylation sites (tertiary alicyclic amines) is 1. The molecule has 8 heteroatoms. The third-order valence-electron chi connectivity index (χ3n) is 4.13. The van der Waals surface area contributed by atoms with Crippen LogP contribution in [0, 0.1) is 5.82 Å². The SMILES string of the molecule is O=C(COc1ccc(Br)cc1F)NC1CCN(C(=O)c2ccco2)CC1. The Morgan fingerprint density at radius 3 is 2.73 bits per heavy atom. The molecule has 0 aliphatic carbocycles. The Hall–Kier alpha value is -2.35. The zero-order chi connectivity index (χ0) is 18.5. The average molecular weight is 425 g/mol. The molecule has 1 aliphatic rings. The first-order chi connectivity index (χ1) is 12.5. The summed E-state index contributed by atoms with van der Waals surface area (Å²) in [6.07, 6.45) is 2.75. The van der Waals surface area contributed by atoms with E-state index in [0.29, 0.717) is 36.2 Å². The van der Waals surface area contributed by atoms with Crippen LogP contribution >= 0.6 is 15.9 Å². The highest BCUT2D eigenvalue weighted by atomic mass is 79.9. The Morgan fingerprint density at radius 1 is 1.31 bits per heavy atom. The molecule has 1 aliphatic heterocycles. The maximum atomic E-state index is 13.7. The van der Waals surface area contributed by atoms with Crippen LogP contribution in [-0.2, 0) is 4.79 Å². The lowest BCUT2D eigenvalue weighted by atomic mass is 10.0. The number of nitrogens with zero attached hydrogens (tertiary/aromatic N) is 1. The number of amides is 2. The highest BCUT2D eigenvalue weighted by Crippen LogP contribution is 2.21. The molecule has 1 N–H and O–H groups in total. The fourth-order valence-corrected chi connectivity index (χ4v) is 3.12. The molecule has 1 fully saturated rings. The van der Waals surface area contributed by atoms with Crippen molar-refractivity contribution < 1.29 is 23.1 Å². The quantitative estimate of drug-likeness (QED) is 0.800. The minimum absolute atomic E-state index is 0.0298. The molecule has 2 amide bonds. The fourth-order valence-electron chi connectivity index (χ4n) is 2.79. The molecule has 26 heavy (non-hydrogen) atoms. The normalized spacial score (nSPS) is 14.9. The first-order valence-electron chi connectivity index (χ1n) is 8.23. The molecule has 3 rings (SSSR count). The van der Waals surface area contributed by atoms with E-state index >= 15 is 0 Å². The van der Waals surface area contributed by atoms with E-state index in [4.69, 9.17) is 9.15 Å². The Bertz CT molecular complexity index is 774. The summed E-state index contributed by atoms with van der Waals surface area (Å²) >= 11 is 3.16. The van der Waals surface area contributed by atoms with Gasteiger partial charge in [-0.25, -0.2) is 4.39 Å². The molecule has 1 aromatic heterocycles. The van der Waals surface area contributed by atoms with E-state index in [1.807, 2.05) is 0 Å². The van der Waals surface area contributed by atoms with E-state index < -0.39 is 5.82 Å². The van der Waals surface area contributed by atoms with Crippen molar-refractivity contribution >= 4 is 27.7 Å². The van der Waals surface area contributed by atoms with Crippen LogP contribution in [0.5, 0.6) is 5.75 Å². The van der Waals surface area contributed by atoms with Crippen LogP contribution < -0.4 is 10.1 Å². The lowest BCUT2D eigenvalue weighted by Crippen LogP contribution is -2.47. The van der Waals surface area contributed by atoms with E-state index in [1.54, 1.807) is 23.1 Å². The zero-order valence-electron chi connectivity index (χ0n) is 13.9. The number of nitrogens with one attached hydrogen (secondary N) is 1. The van der Waals surface area contributed by atoms with Gasteiger partial charge in [0, 0.05) is 23.6 Å². The molecule has 0 radical (unpaired) electrons. The van der Waals surface area contributed by atoms with Crippen LogP contribution in [0.1, 0.15) is 23.4 Å². The first-order valence-corrected chi connectivity index (χ1v) is 9.02. The van der Waals surface area contributed by atoms with Gasteiger partial charge in [-0.1, -0.05) is 15.9 Å². The van der Waals surface area contributed by atoms with Gasteiger partial charge in [-0.05, 0) is 43.2 Å². The first kappa shape index (κ1) is 18.4. The van der Waals surface area contributed by atoms with Crippen molar-refractivity contribution in [1.82, 2.24) is 10.2 Å². The van der Waals surface area contributed by atoms with Crippen molar-refractivity contribution in [2.24, 2.45) is 0 Å². The van der Waals surface area contributed by atoms with Gasteiger partial charge in [0.1, 0.15) is 0 Å². The Kier molecular flexibility index (Phi) is 5.92. The van der Waals surface area contributed by atoms with E-state index in [1.165, 1.54) is 18.4 Å². The minimum Gasteiger partial charge on any atom is -0.481 e. The van der Waals surface area contributed by atoms with Gasteiger partial charge in [-0.2, -0.15) is 0 Å². The Morgan fingerprint density at radius 2 is 2.08 bits per heavy atom. The highest BCUT2D eigenvalue weighted by Gasteiger charge is 2.25. The molecular weight excluding hydrogens is 407 g/mol. The van der Waals surface area contributed by atoms with Gasteiger partial charge in [0.25, 0.3) is 11.8 Å². The predicted molar refractivity (Wildman–Crippen MR) is 95.4 cm³/mol. The van der Waals surface area contributed by atoms with Gasteiger partial charge in [-0.3, -0.25) is 9.59 Å². The van der Waals surface area contributed by atoms with Gasteiger partial charge < -0.3 is 19.4 Å². The molecule has 0 atom stereocenters. The van der Waals surface area contributed by atoms with Crippen molar-refractivity contribution in [3.05, 3.63) is 52.6 Å². The number of hydrogen-bond donors (Lipinski definition) is 1. The summed E-state index contributed by atoms with van der Waals surface area (Å²) in [5.74, 6) is -0.645. The third kappa shape index (κ3) is 4.63. The molecule has 0 bridgehead atoms. The van der Waals surface area contributed by atoms with E-state index in [-0.39, 0.29) is 30.2 Å². The second-order valence-corrected chi connectivity index (χ2v) is 6.89. The summed E-state index contributed by atoms with van der Waals surface area (Å²) in [5.41, 5.74) is 0. The number of ether oxygens (including phenoxy) is 1. The zero-order valence-corrected chi connectivity index (χ0v) is 15.5. The topological polar surface area (TPSA) is 71.8 Å². The van der Waals surface area contributed by atoms with Crippen LogP contribution in [-0.4, -0.2) is 42.5 Å². The maximum Gasteiger partial charge on any atom is 0.289 e. The molecule has 0 unspecified atom stereocenters. The molecule has 0 saturated carbocycles. The predicted octanol–water partition coefficient (Wildman–Crippen LogP) is 2.98. The van der Waals surface area contributed by atoms with Crippen LogP contribution in [0.25, 0.3) is 0 Å². The second kappa shape index (κ2) is 8.35. The van der Waals surface area contributed by atoms with E-state index in [2.05, 4.69) is 21.2 Å². The summed E-state index contributed by atoms with van der Waals surface area (Å²) in [6, 6.07) is 7.65. The fraction of sp³-hybridized carbons (Fsp3) is 0.333. The van der Waals surface area contributed by atoms with Crippen molar-refractivity contribution in [3.63, 3.8) is 0 Å². The molecule has 6 nitrogen and oxygen atoms in total. The van der Waals surface area contributed by atoms with Crippen LogP contribution in [0.2, 0.25) is 0 Å². The average Bonchev–Trinajstić information content (AvgIpc) is 3.16. The standard InChI is InChI=1S/C18H18BrFN2O4/c19-12-3-4-15(14(20)10-12)26-11-17(23)21-13-5-7-22(8-6-13)18(24)16-2-1-9-25-16/h1-4,9-10,13H,5-8,11H2,(H,21,23). The lowest BCUT2D eigenvalue weighted by Gasteiger charge is -2.31. The number of furan rings is 1. The van der Waals surface area contributed by atoms with Gasteiger partial charge in [-0.15, -0.1) is 0 Å². The van der Waals surface area contributed by atoms with Crippen molar-refractivity contribution in [1.29, 1.82) is 0 Å². The number of carbonyl (C=O) groups is 2. The molecule has 0 spiro atoms. The third-order valence-corrected chi connectivity index (χ3v) is 4.63. The summed E-state index contributed by atoms with van der Waals surface area (Å²) in [4.78, 5) is 25.9.